The Balaban J connectivity index is 2.33. The molecule has 1 aromatic rings. The highest BCUT2D eigenvalue weighted by Crippen LogP contribution is 2.06. The van der Waals surface area contributed by atoms with Crippen molar-refractivity contribution >= 4 is 17.9 Å². The molecule has 0 fully saturated rings. The van der Waals surface area contributed by atoms with E-state index in [4.69, 9.17) is 5.11 Å². The molecule has 1 heterocycles. The van der Waals surface area contributed by atoms with Crippen LogP contribution in [0.1, 0.15) is 32.5 Å². The number of carboxylic acids is 1. The summed E-state index contributed by atoms with van der Waals surface area (Å²) >= 11 is 0. The van der Waals surface area contributed by atoms with Crippen molar-refractivity contribution in [3.8, 4) is 0 Å². The van der Waals surface area contributed by atoms with Crippen molar-refractivity contribution in [1.29, 1.82) is 0 Å². The summed E-state index contributed by atoms with van der Waals surface area (Å²) in [6.45, 7) is 4.38. The summed E-state index contributed by atoms with van der Waals surface area (Å²) in [5, 5.41) is 20.8. The summed E-state index contributed by atoms with van der Waals surface area (Å²) in [5.41, 5.74) is 0. The largest absolute Gasteiger partial charge is 0.481 e. The van der Waals surface area contributed by atoms with Crippen LogP contribution in [0, 0.1) is 5.92 Å². The number of nitrogens with one attached hydrogen (secondary N) is 2. The molecule has 21 heavy (non-hydrogen) atoms. The molecule has 0 aliphatic heterocycles. The van der Waals surface area contributed by atoms with Crippen LogP contribution in [0.3, 0.4) is 0 Å². The first-order valence-electron chi connectivity index (χ1n) is 6.58. The highest BCUT2D eigenvalue weighted by molar-refractivity contribution is 5.94. The first-order chi connectivity index (χ1) is 9.92. The third kappa shape index (κ3) is 6.02. The molecule has 3 N–H and O–H groups in total. The molecule has 1 rings (SSSR count). The van der Waals surface area contributed by atoms with Crippen LogP contribution in [-0.2, 0) is 22.7 Å². The van der Waals surface area contributed by atoms with E-state index in [1.807, 2.05) is 6.92 Å². The second-order valence-corrected chi connectivity index (χ2v) is 4.67. The molecule has 0 aliphatic carbocycles. The molecule has 3 amide bonds. The number of imide groups is 1. The monoisotopic (exact) mass is 297 g/mol. The molecule has 116 valence electrons. The molecule has 0 radical (unpaired) electrons. The normalized spacial score (nSPS) is 11.7. The lowest BCUT2D eigenvalue weighted by Gasteiger charge is -2.09. The minimum atomic E-state index is -0.973. The zero-order valence-electron chi connectivity index (χ0n) is 12.0. The van der Waals surface area contributed by atoms with E-state index in [2.05, 4.69) is 20.8 Å². The van der Waals surface area contributed by atoms with Gasteiger partial charge in [0.25, 0.3) is 0 Å². The minimum Gasteiger partial charge on any atom is -0.481 e. The summed E-state index contributed by atoms with van der Waals surface area (Å²) in [5.74, 6) is -1.24. The Labute approximate surface area is 121 Å². The van der Waals surface area contributed by atoms with Crippen molar-refractivity contribution in [3.05, 3.63) is 12.2 Å². The van der Waals surface area contributed by atoms with Crippen LogP contribution in [0.25, 0.3) is 0 Å². The maximum absolute atomic E-state index is 11.5. The first kappa shape index (κ1) is 16.6. The average molecular weight is 297 g/mol. The number of aliphatic carboxylic acids is 1. The smallest absolute Gasteiger partial charge is 0.321 e. The van der Waals surface area contributed by atoms with E-state index >= 15 is 0 Å². The maximum Gasteiger partial charge on any atom is 0.321 e. The molecule has 0 saturated heterocycles. The highest BCUT2D eigenvalue weighted by Gasteiger charge is 2.15. The summed E-state index contributed by atoms with van der Waals surface area (Å²) < 4.78 is 1.76. The molecular formula is C12H19N5O4. The lowest BCUT2D eigenvalue weighted by Crippen LogP contribution is -2.40. The highest BCUT2D eigenvalue weighted by atomic mass is 16.4. The van der Waals surface area contributed by atoms with Crippen LogP contribution in [0.2, 0.25) is 0 Å². The standard InChI is InChI=1S/C12H19N5O4/c1-3-17-7-14-16-9(17)6-13-12(21)15-10(18)4-8(2)5-11(19)20/h7-8H,3-6H2,1-2H3,(H,19,20)(H2,13,15,18,21). The van der Waals surface area contributed by atoms with Gasteiger partial charge in [-0.3, -0.25) is 14.9 Å². The number of carboxylic acid groups (broad SMARTS) is 1. The first-order valence-corrected chi connectivity index (χ1v) is 6.58. The SMILES string of the molecule is CCn1cnnc1CNC(=O)NC(=O)CC(C)CC(=O)O. The predicted molar refractivity (Wildman–Crippen MR) is 72.1 cm³/mol. The number of amides is 3. The zero-order chi connectivity index (χ0) is 15.8. The van der Waals surface area contributed by atoms with E-state index in [9.17, 15) is 14.4 Å². The molecule has 1 atom stereocenters. The van der Waals surface area contributed by atoms with Crippen LogP contribution in [0.4, 0.5) is 4.79 Å². The van der Waals surface area contributed by atoms with Crippen LogP contribution in [-0.4, -0.2) is 37.8 Å². The maximum atomic E-state index is 11.5. The minimum absolute atomic E-state index is 0.0230. The van der Waals surface area contributed by atoms with Crippen molar-refractivity contribution in [2.45, 2.75) is 39.8 Å². The predicted octanol–water partition coefficient (Wildman–Crippen LogP) is 0.125. The number of aromatic nitrogens is 3. The van der Waals surface area contributed by atoms with E-state index in [-0.39, 0.29) is 25.3 Å². The van der Waals surface area contributed by atoms with Gasteiger partial charge in [0, 0.05) is 19.4 Å². The van der Waals surface area contributed by atoms with Crippen LogP contribution >= 0.6 is 0 Å². The number of hydrogen-bond donors (Lipinski definition) is 3. The Morgan fingerprint density at radius 1 is 1.38 bits per heavy atom. The number of aryl methyl sites for hydroxylation is 1. The summed E-state index contributed by atoms with van der Waals surface area (Å²) in [6.07, 6.45) is 1.41. The lowest BCUT2D eigenvalue weighted by atomic mass is 10.0. The van der Waals surface area contributed by atoms with Gasteiger partial charge in [0.05, 0.1) is 6.54 Å². The van der Waals surface area contributed by atoms with E-state index < -0.39 is 17.9 Å². The second-order valence-electron chi connectivity index (χ2n) is 4.67. The Morgan fingerprint density at radius 3 is 2.71 bits per heavy atom. The van der Waals surface area contributed by atoms with Crippen molar-refractivity contribution in [1.82, 2.24) is 25.4 Å². The fourth-order valence-corrected chi connectivity index (χ4v) is 1.75. The van der Waals surface area contributed by atoms with Crippen molar-refractivity contribution in [3.63, 3.8) is 0 Å². The number of carbonyl (C=O) groups is 3. The molecule has 0 aliphatic rings. The number of carbonyl (C=O) groups excluding carboxylic acids is 2. The topological polar surface area (TPSA) is 126 Å². The molecule has 0 spiro atoms. The molecule has 9 heteroatoms. The van der Waals surface area contributed by atoms with Crippen LogP contribution < -0.4 is 10.6 Å². The molecule has 0 bridgehead atoms. The summed E-state index contributed by atoms with van der Waals surface area (Å²) in [7, 11) is 0. The molecular weight excluding hydrogens is 278 g/mol. The Morgan fingerprint density at radius 2 is 2.10 bits per heavy atom. The summed E-state index contributed by atoms with van der Waals surface area (Å²) in [4.78, 5) is 33.5. The van der Waals surface area contributed by atoms with E-state index in [1.54, 1.807) is 17.8 Å². The van der Waals surface area contributed by atoms with Crippen molar-refractivity contribution in [2.24, 2.45) is 5.92 Å². The van der Waals surface area contributed by atoms with Gasteiger partial charge < -0.3 is 15.0 Å². The van der Waals surface area contributed by atoms with Gasteiger partial charge in [-0.25, -0.2) is 4.79 Å². The van der Waals surface area contributed by atoms with Crippen molar-refractivity contribution in [2.75, 3.05) is 0 Å². The second kappa shape index (κ2) is 7.98. The fourth-order valence-electron chi connectivity index (χ4n) is 1.75. The van der Waals surface area contributed by atoms with Gasteiger partial charge in [-0.2, -0.15) is 0 Å². The Hall–Kier alpha value is -2.45. The Kier molecular flexibility index (Phi) is 6.31. The average Bonchev–Trinajstić information content (AvgIpc) is 2.82. The Bertz CT molecular complexity index is 514. The fraction of sp³-hybridized carbons (Fsp3) is 0.583. The third-order valence-corrected chi connectivity index (χ3v) is 2.75. The lowest BCUT2D eigenvalue weighted by molar-refractivity contribution is -0.138. The molecule has 0 aromatic carbocycles. The zero-order valence-corrected chi connectivity index (χ0v) is 12.0. The van der Waals surface area contributed by atoms with Gasteiger partial charge in [-0.15, -0.1) is 10.2 Å². The van der Waals surface area contributed by atoms with Gasteiger partial charge in [-0.1, -0.05) is 6.92 Å². The molecule has 0 saturated carbocycles. The quantitative estimate of drug-likeness (QED) is 0.656. The van der Waals surface area contributed by atoms with Gasteiger partial charge in [0.1, 0.15) is 6.33 Å². The van der Waals surface area contributed by atoms with Crippen LogP contribution in [0.5, 0.6) is 0 Å². The van der Waals surface area contributed by atoms with Gasteiger partial charge >= 0.3 is 12.0 Å². The molecule has 9 nitrogen and oxygen atoms in total. The number of nitrogens with zero attached hydrogens (tertiary/aromatic N) is 3. The third-order valence-electron chi connectivity index (χ3n) is 2.75. The number of hydrogen-bond acceptors (Lipinski definition) is 5. The molecule has 1 aromatic heterocycles. The molecule has 1 unspecified atom stereocenters. The number of rotatable bonds is 7. The van der Waals surface area contributed by atoms with Gasteiger partial charge in [-0.05, 0) is 12.8 Å². The van der Waals surface area contributed by atoms with Gasteiger partial charge in [0.15, 0.2) is 5.82 Å². The summed E-state index contributed by atoms with van der Waals surface area (Å²) in [6, 6.07) is -0.645. The van der Waals surface area contributed by atoms with E-state index in [1.165, 1.54) is 0 Å². The van der Waals surface area contributed by atoms with E-state index in [0.717, 1.165) is 0 Å². The van der Waals surface area contributed by atoms with Crippen LogP contribution in [0.15, 0.2) is 6.33 Å². The van der Waals surface area contributed by atoms with Crippen molar-refractivity contribution < 1.29 is 19.5 Å². The number of urea groups is 1. The van der Waals surface area contributed by atoms with Gasteiger partial charge in [0.2, 0.25) is 5.91 Å². The van der Waals surface area contributed by atoms with E-state index in [0.29, 0.717) is 12.4 Å².